The number of nitrogens with zero attached hydrogens (tertiary/aromatic N) is 7. The largest absolute Gasteiger partial charge is 0.471 e. The summed E-state index contributed by atoms with van der Waals surface area (Å²) in [6.45, 7) is 8.23. The van der Waals surface area contributed by atoms with Gasteiger partial charge in [0.15, 0.2) is 11.5 Å². The molecule has 0 radical (unpaired) electrons. The van der Waals surface area contributed by atoms with E-state index in [9.17, 15) is 4.79 Å². The highest BCUT2D eigenvalue weighted by Crippen LogP contribution is 2.24. The first-order valence-electron chi connectivity index (χ1n) is 8.33. The third-order valence-electron chi connectivity index (χ3n) is 4.36. The van der Waals surface area contributed by atoms with Gasteiger partial charge in [0.2, 0.25) is 5.88 Å². The summed E-state index contributed by atoms with van der Waals surface area (Å²) >= 11 is 0. The molecule has 4 rings (SSSR count). The minimum absolute atomic E-state index is 0.0862. The predicted molar refractivity (Wildman–Crippen MR) is 92.6 cm³/mol. The third-order valence-corrected chi connectivity index (χ3v) is 4.36. The van der Waals surface area contributed by atoms with Gasteiger partial charge in [-0.1, -0.05) is 5.21 Å². The van der Waals surface area contributed by atoms with Gasteiger partial charge >= 0.3 is 0 Å². The summed E-state index contributed by atoms with van der Waals surface area (Å²) < 4.78 is 8.61. The number of hydrogen-bond acceptors (Lipinski definition) is 7. The number of likely N-dealkylation sites (tertiary alicyclic amines) is 1. The predicted octanol–water partition coefficient (Wildman–Crippen LogP) is 0.398. The molecular weight excluding hydrogens is 336 g/mol. The van der Waals surface area contributed by atoms with Crippen molar-refractivity contribution in [2.45, 2.75) is 32.4 Å². The van der Waals surface area contributed by atoms with E-state index in [2.05, 4.69) is 51.0 Å². The Morgan fingerprint density at radius 2 is 2.08 bits per heavy atom. The van der Waals surface area contributed by atoms with Crippen LogP contribution in [0.25, 0.3) is 11.5 Å². The van der Waals surface area contributed by atoms with Gasteiger partial charge in [-0.05, 0) is 20.8 Å². The molecule has 4 heterocycles. The molecule has 0 amide bonds. The highest BCUT2D eigenvalue weighted by molar-refractivity contribution is 5.31. The van der Waals surface area contributed by atoms with Crippen LogP contribution in [0.4, 0.5) is 0 Å². The zero-order chi connectivity index (χ0) is 18.3. The molecule has 0 aromatic carbocycles. The molecule has 1 fully saturated rings. The van der Waals surface area contributed by atoms with Gasteiger partial charge in [-0.25, -0.2) is 14.6 Å². The molecule has 10 heteroatoms. The van der Waals surface area contributed by atoms with Gasteiger partial charge < -0.3 is 4.74 Å². The van der Waals surface area contributed by atoms with Crippen LogP contribution in [0.15, 0.2) is 35.8 Å². The highest BCUT2D eigenvalue weighted by Gasteiger charge is 2.35. The normalized spacial score (nSPS) is 15.8. The van der Waals surface area contributed by atoms with Gasteiger partial charge in [0.25, 0.3) is 5.56 Å². The fourth-order valence-corrected chi connectivity index (χ4v) is 2.78. The Morgan fingerprint density at radius 1 is 1.27 bits per heavy atom. The summed E-state index contributed by atoms with van der Waals surface area (Å²) in [6.07, 6.45) is 6.12. The van der Waals surface area contributed by atoms with E-state index in [1.807, 2.05) is 0 Å². The summed E-state index contributed by atoms with van der Waals surface area (Å²) in [5, 5.41) is 10.4. The molecule has 0 aliphatic carbocycles. The lowest BCUT2D eigenvalue weighted by molar-refractivity contribution is -0.0368. The second-order valence-corrected chi connectivity index (χ2v) is 7.18. The van der Waals surface area contributed by atoms with Crippen LogP contribution in [0.2, 0.25) is 0 Å². The van der Waals surface area contributed by atoms with Gasteiger partial charge in [-0.2, -0.15) is 4.68 Å². The van der Waals surface area contributed by atoms with E-state index in [1.165, 1.54) is 21.9 Å². The summed E-state index contributed by atoms with van der Waals surface area (Å²) in [7, 11) is 0. The third kappa shape index (κ3) is 2.99. The number of aromatic nitrogens is 7. The first-order valence-corrected chi connectivity index (χ1v) is 8.33. The standard InChI is InChI=1S/C16H20N8O2/c1-16(2,3)22-8-11(9-22)26-14-6-13(17-10-18-14)24-15(25)12(7-20-24)23-5-4-19-21-23/h4-7,10-11,20H,8-9H2,1-3H3. The Balaban J connectivity index is 1.52. The average molecular weight is 356 g/mol. The number of hydrogen-bond donors (Lipinski definition) is 1. The van der Waals surface area contributed by atoms with Crippen molar-refractivity contribution >= 4 is 0 Å². The lowest BCUT2D eigenvalue weighted by Gasteiger charge is -2.46. The van der Waals surface area contributed by atoms with Crippen LogP contribution in [-0.4, -0.2) is 64.4 Å². The molecular formula is C16H20N8O2. The van der Waals surface area contributed by atoms with E-state index in [-0.39, 0.29) is 17.2 Å². The lowest BCUT2D eigenvalue weighted by Crippen LogP contribution is -2.60. The van der Waals surface area contributed by atoms with Crippen LogP contribution in [0, 0.1) is 0 Å². The zero-order valence-corrected chi connectivity index (χ0v) is 14.8. The highest BCUT2D eigenvalue weighted by atomic mass is 16.5. The average Bonchev–Trinajstić information content (AvgIpc) is 3.19. The summed E-state index contributed by atoms with van der Waals surface area (Å²) in [4.78, 5) is 23.2. The topological polar surface area (TPSA) is 107 Å². The van der Waals surface area contributed by atoms with Crippen molar-refractivity contribution in [1.29, 1.82) is 0 Å². The minimum atomic E-state index is -0.289. The van der Waals surface area contributed by atoms with Gasteiger partial charge in [-0.15, -0.1) is 5.10 Å². The van der Waals surface area contributed by atoms with Crippen molar-refractivity contribution in [2.75, 3.05) is 13.1 Å². The van der Waals surface area contributed by atoms with E-state index in [0.717, 1.165) is 13.1 Å². The molecule has 0 saturated carbocycles. The van der Waals surface area contributed by atoms with Crippen molar-refractivity contribution in [3.05, 3.63) is 41.3 Å². The molecule has 0 spiro atoms. The molecule has 0 atom stereocenters. The van der Waals surface area contributed by atoms with E-state index >= 15 is 0 Å². The molecule has 0 bridgehead atoms. The molecule has 0 unspecified atom stereocenters. The molecule has 136 valence electrons. The lowest BCUT2D eigenvalue weighted by atomic mass is 9.99. The Hall–Kier alpha value is -3.01. The summed E-state index contributed by atoms with van der Waals surface area (Å²) in [6, 6.07) is 1.64. The van der Waals surface area contributed by atoms with Crippen molar-refractivity contribution < 1.29 is 4.74 Å². The first-order chi connectivity index (χ1) is 12.4. The van der Waals surface area contributed by atoms with Crippen LogP contribution in [0.1, 0.15) is 20.8 Å². The van der Waals surface area contributed by atoms with Crippen molar-refractivity contribution in [3.8, 4) is 17.4 Å². The molecule has 1 N–H and O–H groups in total. The number of H-pyrrole nitrogens is 1. The van der Waals surface area contributed by atoms with E-state index in [4.69, 9.17) is 4.74 Å². The Labute approximate surface area is 149 Å². The number of ether oxygens (including phenoxy) is 1. The quantitative estimate of drug-likeness (QED) is 0.721. The molecule has 1 aliphatic rings. The molecule has 26 heavy (non-hydrogen) atoms. The molecule has 3 aromatic heterocycles. The number of rotatable bonds is 4. The van der Waals surface area contributed by atoms with Gasteiger partial charge in [-0.3, -0.25) is 14.8 Å². The van der Waals surface area contributed by atoms with Gasteiger partial charge in [0, 0.05) is 24.7 Å². The SMILES string of the molecule is CC(C)(C)N1CC(Oc2cc(-n3[nH]cc(-n4ccnn4)c3=O)ncn2)C1. The van der Waals surface area contributed by atoms with Crippen LogP contribution < -0.4 is 10.3 Å². The number of aromatic amines is 1. The van der Waals surface area contributed by atoms with Crippen LogP contribution in [0.5, 0.6) is 5.88 Å². The molecule has 1 aliphatic heterocycles. The fraction of sp³-hybridized carbons (Fsp3) is 0.438. The zero-order valence-electron chi connectivity index (χ0n) is 14.8. The molecule has 3 aromatic rings. The number of nitrogens with one attached hydrogen (secondary N) is 1. The van der Waals surface area contributed by atoms with Crippen molar-refractivity contribution in [1.82, 2.24) is 39.6 Å². The maximum Gasteiger partial charge on any atom is 0.298 e. The van der Waals surface area contributed by atoms with Crippen LogP contribution in [0.3, 0.4) is 0 Å². The maximum absolute atomic E-state index is 12.6. The van der Waals surface area contributed by atoms with Gasteiger partial charge in [0.05, 0.1) is 18.6 Å². The van der Waals surface area contributed by atoms with E-state index in [0.29, 0.717) is 17.4 Å². The molecule has 1 saturated heterocycles. The summed E-state index contributed by atoms with van der Waals surface area (Å²) in [5.41, 5.74) is 0.192. The van der Waals surface area contributed by atoms with Crippen molar-refractivity contribution in [2.24, 2.45) is 0 Å². The maximum atomic E-state index is 12.6. The van der Waals surface area contributed by atoms with Gasteiger partial charge in [0.1, 0.15) is 12.4 Å². The van der Waals surface area contributed by atoms with Crippen LogP contribution in [-0.2, 0) is 0 Å². The molecule has 10 nitrogen and oxygen atoms in total. The Bertz CT molecular complexity index is 947. The summed E-state index contributed by atoms with van der Waals surface area (Å²) in [5.74, 6) is 0.843. The van der Waals surface area contributed by atoms with Crippen molar-refractivity contribution in [3.63, 3.8) is 0 Å². The fourth-order valence-electron chi connectivity index (χ4n) is 2.78. The first kappa shape index (κ1) is 16.5. The minimum Gasteiger partial charge on any atom is -0.471 e. The van der Waals surface area contributed by atoms with E-state index in [1.54, 1.807) is 18.5 Å². The van der Waals surface area contributed by atoms with Crippen LogP contribution >= 0.6 is 0 Å². The monoisotopic (exact) mass is 356 g/mol. The van der Waals surface area contributed by atoms with E-state index < -0.39 is 0 Å². The Kier molecular flexibility index (Phi) is 3.83. The Morgan fingerprint density at radius 3 is 2.77 bits per heavy atom. The second-order valence-electron chi connectivity index (χ2n) is 7.18. The second kappa shape index (κ2) is 6.06. The smallest absolute Gasteiger partial charge is 0.298 e.